The minimum Gasteiger partial charge on any atom is -0.386 e. The van der Waals surface area contributed by atoms with Crippen molar-refractivity contribution in [1.82, 2.24) is 39.0 Å². The van der Waals surface area contributed by atoms with Crippen LogP contribution in [0.4, 0.5) is 11.8 Å². The molecule has 0 radical (unpaired) electrons. The van der Waals surface area contributed by atoms with Crippen LogP contribution in [0.25, 0.3) is 22.3 Å². The van der Waals surface area contributed by atoms with Gasteiger partial charge in [0.25, 0.3) is 12.0 Å². The van der Waals surface area contributed by atoms with Gasteiger partial charge in [0.1, 0.15) is 42.4 Å². The molecular weight excluding hydrogens is 576 g/mol. The minimum absolute atomic E-state index is 0.00252. The molecule has 0 aliphatic carbocycles. The van der Waals surface area contributed by atoms with Crippen LogP contribution >= 0.6 is 0 Å². The van der Waals surface area contributed by atoms with Crippen LogP contribution in [0.3, 0.4) is 0 Å². The van der Waals surface area contributed by atoms with E-state index in [4.69, 9.17) is 29.4 Å². The number of anilines is 2. The zero-order chi connectivity index (χ0) is 30.4. The van der Waals surface area contributed by atoms with Crippen LogP contribution in [-0.4, -0.2) is 123 Å². The van der Waals surface area contributed by atoms with Gasteiger partial charge in [-0.2, -0.15) is 4.98 Å². The van der Waals surface area contributed by atoms with Crippen LogP contribution in [0.1, 0.15) is 19.4 Å². The molecule has 2 aliphatic heterocycles. The number of hydrogen-bond acceptors (Lipinski definition) is 17. The fourth-order valence-corrected chi connectivity index (χ4v) is 5.19. The van der Waals surface area contributed by atoms with Gasteiger partial charge in [-0.15, -0.1) is 0 Å². The van der Waals surface area contributed by atoms with Crippen LogP contribution in [0.2, 0.25) is 0 Å². The molecule has 0 saturated carbocycles. The van der Waals surface area contributed by atoms with Crippen LogP contribution in [0.5, 0.6) is 0 Å². The lowest BCUT2D eigenvalue weighted by molar-refractivity contribution is -0.312. The van der Waals surface area contributed by atoms with Gasteiger partial charge in [0.15, 0.2) is 41.4 Å². The third kappa shape index (κ3) is 5.17. The summed E-state index contributed by atoms with van der Waals surface area (Å²) >= 11 is 0. The first-order valence-corrected chi connectivity index (χ1v) is 13.2. The molecule has 232 valence electrons. The average molecular weight is 607 g/mol. The van der Waals surface area contributed by atoms with E-state index in [1.165, 1.54) is 23.5 Å². The molecule has 6 heterocycles. The molecule has 9 atom stereocenters. The van der Waals surface area contributed by atoms with E-state index in [2.05, 4.69) is 35.2 Å². The van der Waals surface area contributed by atoms with Crippen molar-refractivity contribution in [3.05, 3.63) is 29.3 Å². The summed E-state index contributed by atoms with van der Waals surface area (Å²) in [4.78, 5) is 35.1. The molecule has 0 amide bonds. The van der Waals surface area contributed by atoms with Gasteiger partial charge >= 0.3 is 0 Å². The van der Waals surface area contributed by atoms with Gasteiger partial charge in [-0.25, -0.2) is 19.9 Å². The lowest BCUT2D eigenvalue weighted by Gasteiger charge is -2.24. The van der Waals surface area contributed by atoms with Crippen molar-refractivity contribution in [3.63, 3.8) is 0 Å². The van der Waals surface area contributed by atoms with Crippen molar-refractivity contribution in [1.29, 1.82) is 0 Å². The van der Waals surface area contributed by atoms with Gasteiger partial charge in [0.2, 0.25) is 5.95 Å². The number of hydrogen-bond donors (Lipinski definition) is 7. The quantitative estimate of drug-likeness (QED) is 0.0894. The third-order valence-electron chi connectivity index (χ3n) is 7.13. The number of rotatable bonds is 10. The number of nitrogens with two attached hydrogens (primary N) is 1. The Bertz CT molecular complexity index is 1650. The van der Waals surface area contributed by atoms with E-state index in [0.717, 1.165) is 0 Å². The SMILES string of the molecule is CCOC1C(COC(O)OC2C(O)OC(n3cnc4c(=O)[nH]c(N)nc43)C2O)OC(n2cnc3c(NC)ncnc32)C1O. The highest BCUT2D eigenvalue weighted by Crippen LogP contribution is 2.35. The van der Waals surface area contributed by atoms with Gasteiger partial charge in [0, 0.05) is 13.7 Å². The Morgan fingerprint density at radius 3 is 2.49 bits per heavy atom. The fourth-order valence-electron chi connectivity index (χ4n) is 5.19. The lowest BCUT2D eigenvalue weighted by Crippen LogP contribution is -2.41. The molecule has 0 spiro atoms. The summed E-state index contributed by atoms with van der Waals surface area (Å²) in [5.74, 6) is 0.309. The summed E-state index contributed by atoms with van der Waals surface area (Å²) < 4.78 is 30.7. The van der Waals surface area contributed by atoms with Crippen LogP contribution in [-0.2, 0) is 23.7 Å². The first-order valence-electron chi connectivity index (χ1n) is 13.2. The molecule has 43 heavy (non-hydrogen) atoms. The van der Waals surface area contributed by atoms with Crippen LogP contribution in [0.15, 0.2) is 23.8 Å². The van der Waals surface area contributed by atoms with E-state index < -0.39 is 61.3 Å². The molecule has 0 aromatic carbocycles. The van der Waals surface area contributed by atoms with Crippen LogP contribution in [0, 0.1) is 0 Å². The second-order valence-electron chi connectivity index (χ2n) is 9.70. The standard InChI is InChI=1S/C23H30N10O10/c1-3-39-13-8(41-19(11(13)34)32-6-28-9-15(25-2)26-5-27-16(9)32)4-40-23(38)42-14-12(35)20(43-21(14)37)33-7-29-10-17(33)30-22(24)31-18(10)36/h5-8,11-14,19-21,23,34-35,37-38H,3-4H2,1-2H3,(H,25,26,27)(H3,24,30,31,36). The molecule has 2 fully saturated rings. The molecule has 20 nitrogen and oxygen atoms in total. The molecule has 2 aliphatic rings. The molecule has 9 unspecified atom stereocenters. The zero-order valence-electron chi connectivity index (χ0n) is 22.8. The lowest BCUT2D eigenvalue weighted by atomic mass is 10.1. The molecular formula is C23H30N10O10. The largest absolute Gasteiger partial charge is 0.386 e. The monoisotopic (exact) mass is 606 g/mol. The number of nitrogens with zero attached hydrogens (tertiary/aromatic N) is 7. The highest BCUT2D eigenvalue weighted by Gasteiger charge is 2.48. The smallest absolute Gasteiger partial charge is 0.280 e. The van der Waals surface area contributed by atoms with E-state index in [9.17, 15) is 25.2 Å². The summed E-state index contributed by atoms with van der Waals surface area (Å²) in [6.07, 6.45) is -5.91. The Morgan fingerprint density at radius 2 is 1.74 bits per heavy atom. The number of ether oxygens (including phenoxy) is 5. The summed E-state index contributed by atoms with van der Waals surface area (Å²) in [5, 5.41) is 45.8. The maximum absolute atomic E-state index is 12.1. The molecule has 20 heteroatoms. The molecule has 0 bridgehead atoms. The Morgan fingerprint density at radius 1 is 1.05 bits per heavy atom. The normalized spacial score (nSPS) is 30.0. The van der Waals surface area contributed by atoms with Gasteiger partial charge in [-0.05, 0) is 6.92 Å². The van der Waals surface area contributed by atoms with E-state index in [1.54, 1.807) is 18.5 Å². The van der Waals surface area contributed by atoms with Gasteiger partial charge in [-0.3, -0.25) is 18.9 Å². The number of aromatic amines is 1. The Balaban J connectivity index is 1.12. The molecule has 8 N–H and O–H groups in total. The van der Waals surface area contributed by atoms with Crippen molar-refractivity contribution in [2.75, 3.05) is 31.3 Å². The Labute approximate surface area is 241 Å². The maximum atomic E-state index is 12.1. The van der Waals surface area contributed by atoms with E-state index in [-0.39, 0.29) is 30.3 Å². The number of H-pyrrole nitrogens is 1. The van der Waals surface area contributed by atoms with E-state index in [0.29, 0.717) is 17.0 Å². The van der Waals surface area contributed by atoms with Crippen molar-refractivity contribution < 1.29 is 44.1 Å². The number of imidazole rings is 2. The fraction of sp³-hybridized carbons (Fsp3) is 0.565. The third-order valence-corrected chi connectivity index (χ3v) is 7.13. The number of fused-ring (bicyclic) bond motifs is 2. The molecule has 2 saturated heterocycles. The summed E-state index contributed by atoms with van der Waals surface area (Å²) in [6, 6.07) is 0. The predicted octanol–water partition coefficient (Wildman–Crippen LogP) is -2.87. The molecule has 6 rings (SSSR count). The Kier molecular flexibility index (Phi) is 7.93. The number of aliphatic hydroxyl groups is 4. The van der Waals surface area contributed by atoms with Crippen molar-refractivity contribution in [2.45, 2.75) is 62.7 Å². The summed E-state index contributed by atoms with van der Waals surface area (Å²) in [6.45, 7) is -0.282. The first kappa shape index (κ1) is 29.2. The van der Waals surface area contributed by atoms with Gasteiger partial charge < -0.3 is 55.2 Å². The molecule has 4 aromatic heterocycles. The summed E-state index contributed by atoms with van der Waals surface area (Å²) in [7, 11) is 1.69. The maximum Gasteiger partial charge on any atom is 0.280 e. The van der Waals surface area contributed by atoms with Crippen molar-refractivity contribution in [3.8, 4) is 0 Å². The van der Waals surface area contributed by atoms with E-state index >= 15 is 0 Å². The number of nitrogens with one attached hydrogen (secondary N) is 2. The second kappa shape index (κ2) is 11.7. The highest BCUT2D eigenvalue weighted by atomic mass is 16.8. The highest BCUT2D eigenvalue weighted by molar-refractivity contribution is 5.82. The topological polar surface area (TPSA) is 272 Å². The first-order chi connectivity index (χ1) is 20.7. The minimum atomic E-state index is -1.96. The van der Waals surface area contributed by atoms with E-state index in [1.807, 2.05) is 0 Å². The number of aromatic nitrogens is 8. The summed E-state index contributed by atoms with van der Waals surface area (Å²) in [5.41, 5.74) is 5.84. The van der Waals surface area contributed by atoms with Gasteiger partial charge in [-0.1, -0.05) is 0 Å². The van der Waals surface area contributed by atoms with Gasteiger partial charge in [0.05, 0.1) is 19.3 Å². The number of nitrogen functional groups attached to an aromatic ring is 1. The molecule has 4 aromatic rings. The predicted molar refractivity (Wildman–Crippen MR) is 142 cm³/mol. The van der Waals surface area contributed by atoms with Crippen molar-refractivity contribution in [2.24, 2.45) is 0 Å². The zero-order valence-corrected chi connectivity index (χ0v) is 22.8. The second-order valence-corrected chi connectivity index (χ2v) is 9.70. The Hall–Kier alpha value is -3.86. The average Bonchev–Trinajstić information content (AvgIpc) is 3.74. The number of aliphatic hydroxyl groups excluding tert-OH is 4. The van der Waals surface area contributed by atoms with Crippen molar-refractivity contribution >= 4 is 34.1 Å². The van der Waals surface area contributed by atoms with Crippen LogP contribution < -0.4 is 16.6 Å².